The van der Waals surface area contributed by atoms with Gasteiger partial charge in [-0.05, 0) is 43.9 Å². The lowest BCUT2D eigenvalue weighted by atomic mass is 9.75. The molecule has 0 spiro atoms. The van der Waals surface area contributed by atoms with Gasteiger partial charge in [0.15, 0.2) is 0 Å². The van der Waals surface area contributed by atoms with E-state index in [0.717, 1.165) is 63.3 Å². The summed E-state index contributed by atoms with van der Waals surface area (Å²) in [5.41, 5.74) is 6.30. The number of nitrogens with zero attached hydrogens (tertiary/aromatic N) is 3. The number of rotatable bonds is 7. The molecule has 2 heterocycles. The maximum absolute atomic E-state index is 11.9. The van der Waals surface area contributed by atoms with Crippen molar-refractivity contribution in [1.82, 2.24) is 9.80 Å². The topological polar surface area (TPSA) is 91.8 Å². The molecule has 0 aromatic heterocycles. The van der Waals surface area contributed by atoms with Crippen LogP contribution >= 0.6 is 0 Å². The first-order valence-electron chi connectivity index (χ1n) is 10.5. The number of hydrogen-bond donors (Lipinski definition) is 1. The molecule has 3 rings (SSSR count). The number of nitrogens with two attached hydrogens (primary N) is 1. The summed E-state index contributed by atoms with van der Waals surface area (Å²) in [4.78, 5) is 16.1. The predicted octanol–water partition coefficient (Wildman–Crippen LogP) is 1.52. The van der Waals surface area contributed by atoms with Gasteiger partial charge in [-0.3, -0.25) is 9.69 Å². The minimum Gasteiger partial charge on any atom is -0.494 e. The van der Waals surface area contributed by atoms with Crippen molar-refractivity contribution in [3.05, 3.63) is 29.8 Å². The largest absolute Gasteiger partial charge is 0.494 e. The van der Waals surface area contributed by atoms with Crippen LogP contribution in [0.2, 0.25) is 0 Å². The molecule has 0 unspecified atom stereocenters. The van der Waals surface area contributed by atoms with E-state index < -0.39 is 11.5 Å². The van der Waals surface area contributed by atoms with E-state index in [1.165, 1.54) is 0 Å². The van der Waals surface area contributed by atoms with Crippen LogP contribution in [0.3, 0.4) is 0 Å². The zero-order chi connectivity index (χ0) is 20.7. The van der Waals surface area contributed by atoms with E-state index in [-0.39, 0.29) is 5.91 Å². The van der Waals surface area contributed by atoms with Crippen molar-refractivity contribution < 1.29 is 14.3 Å². The third-order valence-corrected chi connectivity index (χ3v) is 5.93. The van der Waals surface area contributed by atoms with Gasteiger partial charge in [0.1, 0.15) is 5.75 Å². The number of ether oxygens (including phenoxy) is 2. The fourth-order valence-electron chi connectivity index (χ4n) is 4.01. The first kappa shape index (κ1) is 21.6. The van der Waals surface area contributed by atoms with E-state index in [1.807, 2.05) is 29.2 Å². The normalized spacial score (nSPS) is 20.7. The smallest absolute Gasteiger partial charge is 0.239 e. The SMILES string of the molecule is C[C@H](N)C(=O)N1CCN(CCCOc2ccc(C3(C#N)CCOCC3)cc2)CC1. The van der Waals surface area contributed by atoms with Gasteiger partial charge in [-0.15, -0.1) is 0 Å². The number of benzene rings is 1. The highest BCUT2D eigenvalue weighted by molar-refractivity contribution is 5.81. The van der Waals surface area contributed by atoms with Gasteiger partial charge in [-0.25, -0.2) is 0 Å². The zero-order valence-electron chi connectivity index (χ0n) is 17.3. The third kappa shape index (κ3) is 5.47. The summed E-state index contributed by atoms with van der Waals surface area (Å²) < 4.78 is 11.3. The van der Waals surface area contributed by atoms with Gasteiger partial charge in [0.05, 0.1) is 24.1 Å². The van der Waals surface area contributed by atoms with E-state index in [1.54, 1.807) is 6.92 Å². The summed E-state index contributed by atoms with van der Waals surface area (Å²) in [5, 5.41) is 9.67. The molecule has 1 aromatic rings. The lowest BCUT2D eigenvalue weighted by Crippen LogP contribution is -2.52. The highest BCUT2D eigenvalue weighted by atomic mass is 16.5. The average molecular weight is 401 g/mol. The molecule has 2 fully saturated rings. The molecule has 1 atom stereocenters. The van der Waals surface area contributed by atoms with Gasteiger partial charge in [0.2, 0.25) is 5.91 Å². The Morgan fingerprint density at radius 3 is 2.48 bits per heavy atom. The minimum atomic E-state index is -0.429. The Balaban J connectivity index is 1.38. The maximum Gasteiger partial charge on any atom is 0.239 e. The molecule has 2 aliphatic rings. The van der Waals surface area contributed by atoms with Gasteiger partial charge >= 0.3 is 0 Å². The number of carbonyl (C=O) groups is 1. The summed E-state index contributed by atoms with van der Waals surface area (Å²) in [6, 6.07) is 10.0. The van der Waals surface area contributed by atoms with Crippen LogP contribution in [-0.2, 0) is 14.9 Å². The van der Waals surface area contributed by atoms with E-state index in [2.05, 4.69) is 11.0 Å². The van der Waals surface area contributed by atoms with E-state index in [0.29, 0.717) is 19.8 Å². The first-order valence-corrected chi connectivity index (χ1v) is 10.5. The molecular formula is C22H32N4O3. The zero-order valence-corrected chi connectivity index (χ0v) is 17.3. The molecule has 1 aromatic carbocycles. The van der Waals surface area contributed by atoms with Crippen molar-refractivity contribution in [2.75, 3.05) is 52.5 Å². The van der Waals surface area contributed by atoms with Crippen LogP contribution in [0, 0.1) is 11.3 Å². The summed E-state index contributed by atoms with van der Waals surface area (Å²) in [6.45, 7) is 7.87. The van der Waals surface area contributed by atoms with Crippen molar-refractivity contribution in [2.24, 2.45) is 5.73 Å². The molecule has 0 radical (unpaired) electrons. The predicted molar refractivity (Wildman–Crippen MR) is 111 cm³/mol. The fraction of sp³-hybridized carbons (Fsp3) is 0.636. The van der Waals surface area contributed by atoms with Crippen molar-refractivity contribution in [1.29, 1.82) is 5.26 Å². The quantitative estimate of drug-likeness (QED) is 0.698. The van der Waals surface area contributed by atoms with Crippen LogP contribution in [0.1, 0.15) is 31.7 Å². The Labute approximate surface area is 173 Å². The highest BCUT2D eigenvalue weighted by Gasteiger charge is 2.34. The number of carbonyl (C=O) groups excluding carboxylic acids is 1. The number of piperazine rings is 1. The number of nitriles is 1. The lowest BCUT2D eigenvalue weighted by molar-refractivity contribution is -0.133. The second-order valence-corrected chi connectivity index (χ2v) is 7.99. The van der Waals surface area contributed by atoms with Crippen molar-refractivity contribution >= 4 is 5.91 Å². The molecule has 2 saturated heterocycles. The Morgan fingerprint density at radius 1 is 1.24 bits per heavy atom. The van der Waals surface area contributed by atoms with Crippen molar-refractivity contribution in [2.45, 2.75) is 37.6 Å². The molecule has 2 N–H and O–H groups in total. The summed E-state index contributed by atoms with van der Waals surface area (Å²) >= 11 is 0. The second-order valence-electron chi connectivity index (χ2n) is 7.99. The molecule has 7 nitrogen and oxygen atoms in total. The van der Waals surface area contributed by atoms with Crippen LogP contribution in [-0.4, -0.2) is 74.3 Å². The van der Waals surface area contributed by atoms with Crippen molar-refractivity contribution in [3.63, 3.8) is 0 Å². The maximum atomic E-state index is 11.9. The highest BCUT2D eigenvalue weighted by Crippen LogP contribution is 2.34. The van der Waals surface area contributed by atoms with Gasteiger partial charge in [-0.2, -0.15) is 5.26 Å². The van der Waals surface area contributed by atoms with Crippen LogP contribution in [0.15, 0.2) is 24.3 Å². The minimum absolute atomic E-state index is 0.0374. The van der Waals surface area contributed by atoms with Crippen LogP contribution in [0.25, 0.3) is 0 Å². The number of amides is 1. The standard InChI is InChI=1S/C22H32N4O3/c1-18(24)21(27)26-12-10-25(11-13-26)9-2-14-29-20-5-3-19(4-6-20)22(17-23)7-15-28-16-8-22/h3-6,18H,2,7-16,24H2,1H3/t18-/m0/s1. The van der Waals surface area contributed by atoms with Crippen molar-refractivity contribution in [3.8, 4) is 11.8 Å². The van der Waals surface area contributed by atoms with E-state index >= 15 is 0 Å². The Morgan fingerprint density at radius 2 is 1.90 bits per heavy atom. The monoisotopic (exact) mass is 400 g/mol. The molecule has 29 heavy (non-hydrogen) atoms. The summed E-state index contributed by atoms with van der Waals surface area (Å²) in [5.74, 6) is 0.872. The molecule has 0 aliphatic carbocycles. The van der Waals surface area contributed by atoms with Gasteiger partial charge in [0.25, 0.3) is 0 Å². The lowest BCUT2D eigenvalue weighted by Gasteiger charge is -2.35. The van der Waals surface area contributed by atoms with Gasteiger partial charge in [0, 0.05) is 45.9 Å². The molecular weight excluding hydrogens is 368 g/mol. The summed E-state index contributed by atoms with van der Waals surface area (Å²) in [6.07, 6.45) is 2.42. The fourth-order valence-corrected chi connectivity index (χ4v) is 4.01. The van der Waals surface area contributed by atoms with Gasteiger partial charge < -0.3 is 20.1 Å². The first-order chi connectivity index (χ1) is 14.0. The average Bonchev–Trinajstić information content (AvgIpc) is 2.77. The molecule has 0 saturated carbocycles. The van der Waals surface area contributed by atoms with Crippen LogP contribution < -0.4 is 10.5 Å². The van der Waals surface area contributed by atoms with Crippen LogP contribution in [0.4, 0.5) is 0 Å². The molecule has 7 heteroatoms. The van der Waals surface area contributed by atoms with E-state index in [4.69, 9.17) is 15.2 Å². The second kappa shape index (κ2) is 10.1. The molecule has 0 bridgehead atoms. The molecule has 1 amide bonds. The third-order valence-electron chi connectivity index (χ3n) is 5.93. The van der Waals surface area contributed by atoms with Crippen LogP contribution in [0.5, 0.6) is 5.75 Å². The van der Waals surface area contributed by atoms with Gasteiger partial charge in [-0.1, -0.05) is 12.1 Å². The van der Waals surface area contributed by atoms with E-state index in [9.17, 15) is 10.1 Å². The Hall–Kier alpha value is -2.14. The molecule has 2 aliphatic heterocycles. The summed E-state index contributed by atoms with van der Waals surface area (Å²) in [7, 11) is 0. The number of hydrogen-bond acceptors (Lipinski definition) is 6. The Bertz CT molecular complexity index is 700. The Kier molecular flexibility index (Phi) is 7.48. The molecule has 158 valence electrons.